The first-order chi connectivity index (χ1) is 22.0. The van der Waals surface area contributed by atoms with Gasteiger partial charge in [-0.15, -0.1) is 11.3 Å². The van der Waals surface area contributed by atoms with E-state index in [4.69, 9.17) is 35.4 Å². The number of carbonyl (C=O) groups excluding carboxylic acids is 5. The number of nitrogens with one attached hydrogen (secondary N) is 1. The van der Waals surface area contributed by atoms with Crippen molar-refractivity contribution in [3.63, 3.8) is 0 Å². The van der Waals surface area contributed by atoms with E-state index in [1.807, 2.05) is 0 Å². The fraction of sp³-hybridized carbons (Fsp3) is 0.276. The number of oxime groups is 1. The van der Waals surface area contributed by atoms with Crippen LogP contribution in [0.15, 0.2) is 71.2 Å². The second-order valence-corrected chi connectivity index (χ2v) is 10.9. The maximum atomic E-state index is 14.2. The van der Waals surface area contributed by atoms with Gasteiger partial charge in [-0.1, -0.05) is 65.8 Å². The van der Waals surface area contributed by atoms with Crippen LogP contribution < -0.4 is 16.8 Å². The second-order valence-electron chi connectivity index (χ2n) is 10.0. The van der Waals surface area contributed by atoms with E-state index in [0.29, 0.717) is 16.2 Å². The number of hydrogen-bond donors (Lipinski definition) is 3. The van der Waals surface area contributed by atoms with E-state index >= 15 is 0 Å². The third-order valence-electron chi connectivity index (χ3n) is 7.09. The monoisotopic (exact) mass is 652 g/mol. The number of hydrogen-bond acceptors (Lipinski definition) is 14. The zero-order valence-corrected chi connectivity index (χ0v) is 25.2. The molecule has 3 amide bonds. The molecule has 46 heavy (non-hydrogen) atoms. The molecule has 16 nitrogen and oxygen atoms in total. The number of nitrogens with two attached hydrogens (primary N) is 2. The average Bonchev–Trinajstić information content (AvgIpc) is 3.72. The number of carbonyl (C=O) groups is 5. The maximum absolute atomic E-state index is 14.2. The Hall–Kier alpha value is -5.55. The zero-order valence-electron chi connectivity index (χ0n) is 24.4. The molecule has 3 atom stereocenters. The number of esters is 2. The van der Waals surface area contributed by atoms with E-state index < -0.39 is 65.6 Å². The summed E-state index contributed by atoms with van der Waals surface area (Å²) in [6, 6.07) is 17.5. The van der Waals surface area contributed by atoms with Gasteiger partial charge in [-0.05, 0) is 18.1 Å². The Kier molecular flexibility index (Phi) is 8.88. The largest absolute Gasteiger partial charge is 0.448 e. The molecule has 5 N–H and O–H groups in total. The standard InChI is InChI=1S/C29H28N6O10S/c1-16-29(44-27(31)40,33-23(37)21(34-41-2)19-15-46-26(30)32-19)24(38)35(45-16)28(14-13-20(36)43-28)25(39)42-22(17-9-5-3-6-10-17)18-11-7-4-8-12-18/h3-12,15-16,22H,13-14H2,1-2H3,(H2,30,32)(H2,31,40)(H,33,37). The lowest BCUT2D eigenvalue weighted by molar-refractivity contribution is -0.271. The first kappa shape index (κ1) is 31.9. The molecule has 240 valence electrons. The quantitative estimate of drug-likeness (QED) is 0.0932. The molecule has 2 aliphatic heterocycles. The Morgan fingerprint density at radius 3 is 2.24 bits per heavy atom. The smallest absolute Gasteiger partial charge is 0.407 e. The minimum absolute atomic E-state index is 0.0235. The highest BCUT2D eigenvalue weighted by molar-refractivity contribution is 7.13. The van der Waals surface area contributed by atoms with E-state index in [1.165, 1.54) is 12.3 Å². The lowest BCUT2D eigenvalue weighted by Crippen LogP contribution is -2.65. The Morgan fingerprint density at radius 2 is 1.74 bits per heavy atom. The van der Waals surface area contributed by atoms with Gasteiger partial charge < -0.3 is 35.8 Å². The van der Waals surface area contributed by atoms with Gasteiger partial charge in [0.2, 0.25) is 0 Å². The molecule has 0 radical (unpaired) electrons. The molecule has 3 aromatic rings. The van der Waals surface area contributed by atoms with Crippen molar-refractivity contribution < 1.29 is 47.9 Å². The number of cyclic esters (lactones) is 1. The number of anilines is 1. The number of primary amides is 1. The van der Waals surface area contributed by atoms with Crippen LogP contribution in [0.2, 0.25) is 0 Å². The second kappa shape index (κ2) is 12.8. The van der Waals surface area contributed by atoms with Gasteiger partial charge in [0, 0.05) is 11.8 Å². The van der Waals surface area contributed by atoms with E-state index in [0.717, 1.165) is 18.4 Å². The summed E-state index contributed by atoms with van der Waals surface area (Å²) in [6.07, 6.45) is -4.71. The summed E-state index contributed by atoms with van der Waals surface area (Å²) >= 11 is 0.996. The predicted octanol–water partition coefficient (Wildman–Crippen LogP) is 1.51. The average molecular weight is 653 g/mol. The SMILES string of the molecule is CON=C(C(=O)NC1(OC(N)=O)C(=O)N(C2(C(=O)OC(c3ccccc3)c3ccccc3)CCC(=O)O2)OC1C)c1csc(N)n1. The summed E-state index contributed by atoms with van der Waals surface area (Å²) in [4.78, 5) is 80.9. The number of ether oxygens (including phenoxy) is 3. The lowest BCUT2D eigenvalue weighted by Gasteiger charge is -2.34. The molecule has 3 heterocycles. The van der Waals surface area contributed by atoms with Crippen LogP contribution in [0, 0.1) is 0 Å². The third-order valence-corrected chi connectivity index (χ3v) is 7.76. The van der Waals surface area contributed by atoms with Gasteiger partial charge in [0.15, 0.2) is 23.1 Å². The van der Waals surface area contributed by atoms with Crippen LogP contribution in [-0.4, -0.2) is 70.3 Å². The van der Waals surface area contributed by atoms with Crippen molar-refractivity contribution >= 4 is 52.0 Å². The van der Waals surface area contributed by atoms with E-state index in [2.05, 4.69) is 15.5 Å². The number of thiazole rings is 1. The van der Waals surface area contributed by atoms with Gasteiger partial charge in [-0.25, -0.2) is 14.6 Å². The predicted molar refractivity (Wildman–Crippen MR) is 158 cm³/mol. The highest BCUT2D eigenvalue weighted by Gasteiger charge is 2.68. The number of benzene rings is 2. The number of rotatable bonds is 10. The number of amides is 3. The van der Waals surface area contributed by atoms with Crippen LogP contribution in [0.5, 0.6) is 0 Å². The first-order valence-corrected chi connectivity index (χ1v) is 14.6. The zero-order chi connectivity index (χ0) is 33.1. The molecule has 0 saturated carbocycles. The lowest BCUT2D eigenvalue weighted by atomic mass is 10.0. The van der Waals surface area contributed by atoms with Crippen molar-refractivity contribution in [2.45, 2.75) is 43.4 Å². The van der Waals surface area contributed by atoms with Crippen molar-refractivity contribution in [2.75, 3.05) is 12.8 Å². The van der Waals surface area contributed by atoms with E-state index in [9.17, 15) is 24.0 Å². The third kappa shape index (κ3) is 5.92. The van der Waals surface area contributed by atoms with Crippen LogP contribution in [0.4, 0.5) is 9.93 Å². The van der Waals surface area contributed by atoms with Crippen molar-refractivity contribution in [1.29, 1.82) is 0 Å². The highest BCUT2D eigenvalue weighted by Crippen LogP contribution is 2.41. The number of nitrogen functional groups attached to an aromatic ring is 1. The van der Waals surface area contributed by atoms with Gasteiger partial charge in [0.25, 0.3) is 11.6 Å². The normalized spacial score (nSPS) is 22.8. The molecule has 0 bridgehead atoms. The molecule has 2 aromatic carbocycles. The molecule has 3 unspecified atom stereocenters. The topological polar surface area (TPSA) is 224 Å². The number of nitrogens with zero attached hydrogens (tertiary/aromatic N) is 3. The summed E-state index contributed by atoms with van der Waals surface area (Å²) in [5.41, 5.74) is 6.53. The van der Waals surface area contributed by atoms with Gasteiger partial charge in [0.05, 0.1) is 6.42 Å². The maximum Gasteiger partial charge on any atom is 0.407 e. The van der Waals surface area contributed by atoms with Crippen molar-refractivity contribution in [1.82, 2.24) is 15.4 Å². The Balaban J connectivity index is 1.52. The highest BCUT2D eigenvalue weighted by atomic mass is 32.1. The molecule has 0 aliphatic carbocycles. The van der Waals surface area contributed by atoms with Crippen molar-refractivity contribution in [3.05, 3.63) is 82.9 Å². The minimum Gasteiger partial charge on any atom is -0.448 e. The van der Waals surface area contributed by atoms with Gasteiger partial charge >= 0.3 is 29.7 Å². The first-order valence-electron chi connectivity index (χ1n) is 13.7. The molecular weight excluding hydrogens is 624 g/mol. The van der Waals surface area contributed by atoms with Crippen LogP contribution in [-0.2, 0) is 43.1 Å². The molecule has 2 fully saturated rings. The summed E-state index contributed by atoms with van der Waals surface area (Å²) in [6.45, 7) is 1.25. The van der Waals surface area contributed by atoms with Crippen molar-refractivity contribution in [2.24, 2.45) is 10.9 Å². The van der Waals surface area contributed by atoms with Crippen LogP contribution in [0.3, 0.4) is 0 Å². The van der Waals surface area contributed by atoms with E-state index in [-0.39, 0.29) is 17.2 Å². The summed E-state index contributed by atoms with van der Waals surface area (Å²) in [5.74, 6) is -4.45. The molecule has 17 heteroatoms. The van der Waals surface area contributed by atoms with E-state index in [1.54, 1.807) is 60.7 Å². The Labute approximate surface area is 265 Å². The van der Waals surface area contributed by atoms with Crippen LogP contribution in [0.25, 0.3) is 0 Å². The molecule has 2 saturated heterocycles. The van der Waals surface area contributed by atoms with Gasteiger partial charge in [-0.3, -0.25) is 19.2 Å². The van der Waals surface area contributed by atoms with Crippen LogP contribution in [0.1, 0.15) is 42.7 Å². The minimum atomic E-state index is -2.68. The summed E-state index contributed by atoms with van der Waals surface area (Å²) in [5, 5.41) is 7.86. The fourth-order valence-corrected chi connectivity index (χ4v) is 5.50. The Morgan fingerprint density at radius 1 is 1.11 bits per heavy atom. The van der Waals surface area contributed by atoms with Gasteiger partial charge in [-0.2, -0.15) is 5.06 Å². The molecule has 5 rings (SSSR count). The van der Waals surface area contributed by atoms with Gasteiger partial charge in [0.1, 0.15) is 12.8 Å². The Bertz CT molecular complexity index is 1650. The molecular formula is C29H28N6O10S. The fourth-order valence-electron chi connectivity index (χ4n) is 4.95. The number of aromatic nitrogens is 1. The van der Waals surface area contributed by atoms with Crippen molar-refractivity contribution in [3.8, 4) is 0 Å². The molecule has 2 aliphatic rings. The summed E-state index contributed by atoms with van der Waals surface area (Å²) in [7, 11) is 1.16. The number of hydroxylamine groups is 2. The van der Waals surface area contributed by atoms with Crippen LogP contribution >= 0.6 is 11.3 Å². The molecule has 1 aromatic heterocycles. The molecule has 0 spiro atoms. The summed E-state index contributed by atoms with van der Waals surface area (Å²) < 4.78 is 16.6.